The normalized spacial score (nSPS) is 57.6. The van der Waals surface area contributed by atoms with E-state index in [1.165, 1.54) is 12.0 Å². The van der Waals surface area contributed by atoms with Gasteiger partial charge in [-0.1, -0.05) is 41.4 Å². The first-order chi connectivity index (χ1) is 10.4. The number of aliphatic hydroxyl groups excluding tert-OH is 2. The molecule has 0 unspecified atom stereocenters. The number of hydrogen-bond acceptors (Lipinski definition) is 2. The van der Waals surface area contributed by atoms with Crippen molar-refractivity contribution in [2.45, 2.75) is 75.8 Å². The summed E-state index contributed by atoms with van der Waals surface area (Å²) in [6.45, 7) is 4.78. The average Bonchev–Trinajstić information content (AvgIpc) is 2.72. The topological polar surface area (TPSA) is 40.5 Å². The van der Waals surface area contributed by atoms with E-state index >= 15 is 0 Å². The number of alkyl halides is 1. The molecule has 0 aromatic rings. The molecule has 3 fully saturated rings. The highest BCUT2D eigenvalue weighted by molar-refractivity contribution is 9.09. The molecule has 0 aromatic heterocycles. The molecule has 4 rings (SSSR count). The Labute approximate surface area is 142 Å². The van der Waals surface area contributed by atoms with Gasteiger partial charge in [-0.3, -0.25) is 0 Å². The lowest BCUT2D eigenvalue weighted by molar-refractivity contribution is -0.0706. The van der Waals surface area contributed by atoms with Crippen molar-refractivity contribution < 1.29 is 10.2 Å². The van der Waals surface area contributed by atoms with Gasteiger partial charge in [0.1, 0.15) is 0 Å². The highest BCUT2D eigenvalue weighted by atomic mass is 79.9. The molecule has 2 nitrogen and oxygen atoms in total. The summed E-state index contributed by atoms with van der Waals surface area (Å²) in [5, 5.41) is 20.7. The maximum Gasteiger partial charge on any atom is 0.0721 e. The van der Waals surface area contributed by atoms with Crippen LogP contribution in [0.25, 0.3) is 0 Å². The van der Waals surface area contributed by atoms with Crippen LogP contribution in [-0.4, -0.2) is 27.2 Å². The fourth-order valence-electron chi connectivity index (χ4n) is 6.59. The van der Waals surface area contributed by atoms with E-state index in [4.69, 9.17) is 0 Å². The third-order valence-corrected chi connectivity index (χ3v) is 8.89. The molecule has 8 atom stereocenters. The second kappa shape index (κ2) is 5.07. The molecule has 0 aromatic carbocycles. The summed E-state index contributed by atoms with van der Waals surface area (Å²) in [6, 6.07) is 0. The van der Waals surface area contributed by atoms with Gasteiger partial charge < -0.3 is 10.2 Å². The zero-order valence-corrected chi connectivity index (χ0v) is 15.3. The minimum Gasteiger partial charge on any atom is -0.393 e. The summed E-state index contributed by atoms with van der Waals surface area (Å²) in [4.78, 5) is 0.271. The third-order valence-electron chi connectivity index (χ3n) is 8.01. The monoisotopic (exact) mass is 368 g/mol. The van der Waals surface area contributed by atoms with Crippen molar-refractivity contribution in [1.29, 1.82) is 0 Å². The standard InChI is InChI=1S/C19H29BrO2/c1-18-7-5-12(21)9-11(18)3-4-13-14(18)6-8-19(2)15(13)10-16(20)17(19)22/h3,12-17,21-22H,4-10H2,1-2H3/t12-,13-,14+,15+,16-,17+,18+,19+/m1/s1. The Morgan fingerprint density at radius 2 is 1.91 bits per heavy atom. The fraction of sp³-hybridized carbons (Fsp3) is 0.895. The molecule has 3 saturated carbocycles. The molecule has 2 N–H and O–H groups in total. The zero-order chi connectivity index (χ0) is 15.7. The van der Waals surface area contributed by atoms with E-state index < -0.39 is 0 Å². The molecule has 0 amide bonds. The van der Waals surface area contributed by atoms with Gasteiger partial charge in [-0.25, -0.2) is 0 Å². The Hall–Kier alpha value is 0.140. The Morgan fingerprint density at radius 3 is 2.68 bits per heavy atom. The van der Waals surface area contributed by atoms with Gasteiger partial charge in [0.2, 0.25) is 0 Å². The van der Waals surface area contributed by atoms with Crippen molar-refractivity contribution >= 4 is 15.9 Å². The number of allylic oxidation sites excluding steroid dienone is 1. The van der Waals surface area contributed by atoms with Crippen LogP contribution in [0.4, 0.5) is 0 Å². The van der Waals surface area contributed by atoms with Crippen molar-refractivity contribution in [2.75, 3.05) is 0 Å². The smallest absolute Gasteiger partial charge is 0.0721 e. The first kappa shape index (κ1) is 15.7. The van der Waals surface area contributed by atoms with Gasteiger partial charge in [-0.15, -0.1) is 0 Å². The molecule has 4 aliphatic rings. The Bertz CT molecular complexity index is 504. The maximum absolute atomic E-state index is 10.7. The van der Waals surface area contributed by atoms with Gasteiger partial charge in [0.15, 0.2) is 0 Å². The van der Waals surface area contributed by atoms with E-state index in [9.17, 15) is 10.2 Å². The van der Waals surface area contributed by atoms with E-state index in [1.54, 1.807) is 0 Å². The summed E-state index contributed by atoms with van der Waals surface area (Å²) in [6.07, 6.45) is 9.85. The van der Waals surface area contributed by atoms with Crippen LogP contribution < -0.4 is 0 Å². The third kappa shape index (κ3) is 1.97. The van der Waals surface area contributed by atoms with E-state index in [0.717, 1.165) is 50.4 Å². The Kier molecular flexibility index (Phi) is 3.61. The molecule has 0 radical (unpaired) electrons. The number of fused-ring (bicyclic) bond motifs is 5. The zero-order valence-electron chi connectivity index (χ0n) is 13.8. The van der Waals surface area contributed by atoms with Crippen molar-refractivity contribution in [3.8, 4) is 0 Å². The molecule has 0 heterocycles. The van der Waals surface area contributed by atoms with Crippen LogP contribution in [0.3, 0.4) is 0 Å². The van der Waals surface area contributed by atoms with Crippen molar-refractivity contribution in [3.05, 3.63) is 11.6 Å². The number of halogens is 1. The molecule has 0 saturated heterocycles. The second-order valence-corrected chi connectivity index (χ2v) is 10.1. The van der Waals surface area contributed by atoms with Gasteiger partial charge in [0.25, 0.3) is 0 Å². The van der Waals surface area contributed by atoms with Crippen LogP contribution in [-0.2, 0) is 0 Å². The van der Waals surface area contributed by atoms with Crippen LogP contribution >= 0.6 is 15.9 Å². The molecule has 22 heavy (non-hydrogen) atoms. The lowest BCUT2D eigenvalue weighted by atomic mass is 9.48. The summed E-state index contributed by atoms with van der Waals surface area (Å²) in [5.41, 5.74) is 1.94. The number of aliphatic hydroxyl groups is 2. The molecule has 0 spiro atoms. The average molecular weight is 369 g/mol. The SMILES string of the molecule is C[C@]12CC[C@H]3[C@@H](CC=C4C[C@H](O)CC[C@@]43C)[C@@H]1C[C@@H](Br)[C@@H]2O. The lowest BCUT2D eigenvalue weighted by Crippen LogP contribution is -2.51. The van der Waals surface area contributed by atoms with Crippen molar-refractivity contribution in [2.24, 2.45) is 28.6 Å². The molecule has 124 valence electrons. The van der Waals surface area contributed by atoms with Crippen LogP contribution in [0.5, 0.6) is 0 Å². The first-order valence-electron chi connectivity index (χ1n) is 9.06. The molecule has 4 aliphatic carbocycles. The van der Waals surface area contributed by atoms with Crippen LogP contribution in [0, 0.1) is 28.6 Å². The molecular formula is C19H29BrO2. The minimum atomic E-state index is -0.190. The summed E-state index contributed by atoms with van der Waals surface area (Å²) in [7, 11) is 0. The summed E-state index contributed by atoms with van der Waals surface area (Å²) >= 11 is 3.74. The predicted molar refractivity (Wildman–Crippen MR) is 91.8 cm³/mol. The van der Waals surface area contributed by atoms with E-state index in [1.807, 2.05) is 0 Å². The van der Waals surface area contributed by atoms with Gasteiger partial charge in [-0.05, 0) is 73.5 Å². The molecule has 0 aliphatic heterocycles. The van der Waals surface area contributed by atoms with Gasteiger partial charge in [0.05, 0.1) is 12.2 Å². The van der Waals surface area contributed by atoms with E-state index in [0.29, 0.717) is 11.3 Å². The van der Waals surface area contributed by atoms with Gasteiger partial charge >= 0.3 is 0 Å². The van der Waals surface area contributed by atoms with Gasteiger partial charge in [0, 0.05) is 4.83 Å². The highest BCUT2D eigenvalue weighted by Gasteiger charge is 2.60. The summed E-state index contributed by atoms with van der Waals surface area (Å²) < 4.78 is 0. The van der Waals surface area contributed by atoms with Crippen LogP contribution in [0.15, 0.2) is 11.6 Å². The lowest BCUT2D eigenvalue weighted by Gasteiger charge is -2.57. The quantitative estimate of drug-likeness (QED) is 0.500. The number of rotatable bonds is 0. The Balaban J connectivity index is 1.68. The van der Waals surface area contributed by atoms with Gasteiger partial charge in [-0.2, -0.15) is 0 Å². The predicted octanol–water partition coefficient (Wildman–Crippen LogP) is 4.04. The maximum atomic E-state index is 10.7. The molecule has 0 bridgehead atoms. The minimum absolute atomic E-state index is 0.102. The first-order valence-corrected chi connectivity index (χ1v) is 9.97. The molecular weight excluding hydrogens is 340 g/mol. The second-order valence-electron chi connectivity index (χ2n) is 8.90. The largest absolute Gasteiger partial charge is 0.393 e. The summed E-state index contributed by atoms with van der Waals surface area (Å²) in [5.74, 6) is 2.12. The van der Waals surface area contributed by atoms with Crippen LogP contribution in [0.2, 0.25) is 0 Å². The molecule has 3 heteroatoms. The van der Waals surface area contributed by atoms with E-state index in [2.05, 4.69) is 35.9 Å². The van der Waals surface area contributed by atoms with Crippen molar-refractivity contribution in [3.63, 3.8) is 0 Å². The number of hydrogen-bond donors (Lipinski definition) is 2. The van der Waals surface area contributed by atoms with Crippen molar-refractivity contribution in [1.82, 2.24) is 0 Å². The Morgan fingerprint density at radius 1 is 1.14 bits per heavy atom. The highest BCUT2D eigenvalue weighted by Crippen LogP contribution is 2.65. The fourth-order valence-corrected chi connectivity index (χ4v) is 7.59. The van der Waals surface area contributed by atoms with Crippen LogP contribution in [0.1, 0.15) is 58.8 Å². The van der Waals surface area contributed by atoms with E-state index in [-0.39, 0.29) is 22.5 Å².